The molecule has 1 N–H and O–H groups in total. The van der Waals surface area contributed by atoms with Crippen molar-refractivity contribution < 1.29 is 4.42 Å². The normalized spacial score (nSPS) is 23.2. The number of thioether (sulfide) groups is 1. The van der Waals surface area contributed by atoms with Gasteiger partial charge in [0.15, 0.2) is 5.89 Å². The first-order valence-electron chi connectivity index (χ1n) is 5.52. The van der Waals surface area contributed by atoms with Crippen LogP contribution in [-0.2, 0) is 6.42 Å². The average Bonchev–Trinajstić information content (AvgIpc) is 2.88. The highest BCUT2D eigenvalue weighted by molar-refractivity contribution is 8.00. The molecule has 2 atom stereocenters. The third-order valence-corrected chi connectivity index (χ3v) is 4.27. The first-order chi connectivity index (χ1) is 7.29. The van der Waals surface area contributed by atoms with Crippen LogP contribution in [0, 0.1) is 0 Å². The number of hydrogen-bond acceptors (Lipinski definition) is 4. The van der Waals surface area contributed by atoms with Crippen molar-refractivity contribution in [2.24, 2.45) is 0 Å². The van der Waals surface area contributed by atoms with Crippen LogP contribution in [0.25, 0.3) is 0 Å². The molecule has 1 fully saturated rings. The second-order valence-corrected chi connectivity index (χ2v) is 5.42. The first-order valence-corrected chi connectivity index (χ1v) is 6.57. The highest BCUT2D eigenvalue weighted by Gasteiger charge is 2.19. The second kappa shape index (κ2) is 5.03. The van der Waals surface area contributed by atoms with Gasteiger partial charge in [-0.25, -0.2) is 4.98 Å². The molecule has 0 bridgehead atoms. The SMILES string of the molecule is CNC(C)c1coc(CC2CCCS2)n1. The molecule has 0 radical (unpaired) electrons. The van der Waals surface area contributed by atoms with Gasteiger partial charge in [0.2, 0.25) is 0 Å². The van der Waals surface area contributed by atoms with E-state index in [4.69, 9.17) is 4.42 Å². The van der Waals surface area contributed by atoms with Crippen LogP contribution in [0.2, 0.25) is 0 Å². The zero-order valence-corrected chi connectivity index (χ0v) is 10.1. The molecule has 15 heavy (non-hydrogen) atoms. The molecule has 0 aromatic carbocycles. The molecule has 0 amide bonds. The third-order valence-electron chi connectivity index (χ3n) is 2.87. The van der Waals surface area contributed by atoms with Crippen LogP contribution in [0.5, 0.6) is 0 Å². The largest absolute Gasteiger partial charge is 0.449 e. The van der Waals surface area contributed by atoms with E-state index in [-0.39, 0.29) is 6.04 Å². The Morgan fingerprint density at radius 3 is 3.27 bits per heavy atom. The fourth-order valence-electron chi connectivity index (χ4n) is 1.77. The van der Waals surface area contributed by atoms with Gasteiger partial charge in [-0.05, 0) is 32.6 Å². The maximum absolute atomic E-state index is 5.49. The van der Waals surface area contributed by atoms with Crippen LogP contribution in [0.15, 0.2) is 10.7 Å². The van der Waals surface area contributed by atoms with Gasteiger partial charge in [-0.2, -0.15) is 11.8 Å². The van der Waals surface area contributed by atoms with Crippen molar-refractivity contribution in [2.45, 2.75) is 37.5 Å². The monoisotopic (exact) mass is 226 g/mol. The Labute approximate surface area is 95.0 Å². The summed E-state index contributed by atoms with van der Waals surface area (Å²) < 4.78 is 5.49. The van der Waals surface area contributed by atoms with Crippen molar-refractivity contribution in [1.82, 2.24) is 10.3 Å². The van der Waals surface area contributed by atoms with Crippen molar-refractivity contribution in [3.05, 3.63) is 17.8 Å². The predicted molar refractivity (Wildman–Crippen MR) is 63.2 cm³/mol. The Balaban J connectivity index is 1.94. The molecule has 2 heterocycles. The standard InChI is InChI=1S/C11H18N2OS/c1-8(12-2)10-7-14-11(13-10)6-9-4-3-5-15-9/h7-9,12H,3-6H2,1-2H3. The quantitative estimate of drug-likeness (QED) is 0.855. The number of nitrogens with zero attached hydrogens (tertiary/aromatic N) is 1. The predicted octanol–water partition coefficient (Wildman–Crippen LogP) is 2.39. The smallest absolute Gasteiger partial charge is 0.195 e. The van der Waals surface area contributed by atoms with Gasteiger partial charge in [0.25, 0.3) is 0 Å². The van der Waals surface area contributed by atoms with E-state index in [0.717, 1.165) is 23.3 Å². The lowest BCUT2D eigenvalue weighted by atomic mass is 10.2. The summed E-state index contributed by atoms with van der Waals surface area (Å²) in [5.41, 5.74) is 1.01. The Kier molecular flexibility index (Phi) is 3.70. The van der Waals surface area contributed by atoms with Crippen LogP contribution >= 0.6 is 11.8 Å². The van der Waals surface area contributed by atoms with Crippen LogP contribution in [-0.4, -0.2) is 23.0 Å². The first kappa shape index (κ1) is 11.0. The molecule has 1 aliphatic heterocycles. The number of oxazole rings is 1. The molecule has 0 spiro atoms. The topological polar surface area (TPSA) is 38.1 Å². The lowest BCUT2D eigenvalue weighted by Gasteiger charge is -2.05. The van der Waals surface area contributed by atoms with Crippen LogP contribution in [0.1, 0.15) is 37.4 Å². The van der Waals surface area contributed by atoms with Crippen LogP contribution in [0.4, 0.5) is 0 Å². The van der Waals surface area contributed by atoms with E-state index in [1.165, 1.54) is 18.6 Å². The molecule has 1 saturated heterocycles. The van der Waals surface area contributed by atoms with Crippen LogP contribution < -0.4 is 5.32 Å². The number of aromatic nitrogens is 1. The minimum atomic E-state index is 0.277. The number of nitrogens with one attached hydrogen (secondary N) is 1. The highest BCUT2D eigenvalue weighted by Crippen LogP contribution is 2.29. The van der Waals surface area contributed by atoms with E-state index in [1.807, 2.05) is 18.8 Å². The number of rotatable bonds is 4. The molecule has 3 nitrogen and oxygen atoms in total. The molecule has 2 rings (SSSR count). The summed E-state index contributed by atoms with van der Waals surface area (Å²) >= 11 is 2.04. The van der Waals surface area contributed by atoms with Gasteiger partial charge in [-0.15, -0.1) is 0 Å². The molecule has 0 saturated carbocycles. The Morgan fingerprint density at radius 1 is 1.73 bits per heavy atom. The molecule has 1 aromatic rings. The van der Waals surface area contributed by atoms with E-state index in [1.54, 1.807) is 6.26 Å². The summed E-state index contributed by atoms with van der Waals surface area (Å²) in [6, 6.07) is 0.277. The van der Waals surface area contributed by atoms with Crippen molar-refractivity contribution in [1.29, 1.82) is 0 Å². The molecular weight excluding hydrogens is 208 g/mol. The van der Waals surface area contributed by atoms with E-state index < -0.39 is 0 Å². The lowest BCUT2D eigenvalue weighted by molar-refractivity contribution is 0.487. The molecule has 2 unspecified atom stereocenters. The summed E-state index contributed by atoms with van der Waals surface area (Å²) in [5, 5.41) is 3.88. The molecular formula is C11H18N2OS. The molecule has 4 heteroatoms. The summed E-state index contributed by atoms with van der Waals surface area (Å²) in [5.74, 6) is 2.19. The average molecular weight is 226 g/mol. The second-order valence-electron chi connectivity index (χ2n) is 4.02. The van der Waals surface area contributed by atoms with E-state index in [9.17, 15) is 0 Å². The van der Waals surface area contributed by atoms with Crippen molar-refractivity contribution in [3.63, 3.8) is 0 Å². The van der Waals surface area contributed by atoms with Gasteiger partial charge < -0.3 is 9.73 Å². The summed E-state index contributed by atoms with van der Waals surface area (Å²) in [6.45, 7) is 2.09. The zero-order valence-electron chi connectivity index (χ0n) is 9.32. The molecule has 84 valence electrons. The van der Waals surface area contributed by atoms with Gasteiger partial charge in [-0.1, -0.05) is 0 Å². The minimum absolute atomic E-state index is 0.277. The van der Waals surface area contributed by atoms with Gasteiger partial charge in [0.05, 0.1) is 5.69 Å². The molecule has 0 aliphatic carbocycles. The Hall–Kier alpha value is -0.480. The Morgan fingerprint density at radius 2 is 2.60 bits per heavy atom. The minimum Gasteiger partial charge on any atom is -0.449 e. The fraction of sp³-hybridized carbons (Fsp3) is 0.727. The molecule has 1 aromatic heterocycles. The van der Waals surface area contributed by atoms with E-state index in [2.05, 4.69) is 17.2 Å². The van der Waals surface area contributed by atoms with Gasteiger partial charge in [-0.3, -0.25) is 0 Å². The van der Waals surface area contributed by atoms with Crippen molar-refractivity contribution in [3.8, 4) is 0 Å². The van der Waals surface area contributed by atoms with Gasteiger partial charge in [0.1, 0.15) is 6.26 Å². The highest BCUT2D eigenvalue weighted by atomic mass is 32.2. The summed E-state index contributed by atoms with van der Waals surface area (Å²) in [4.78, 5) is 4.50. The van der Waals surface area contributed by atoms with E-state index >= 15 is 0 Å². The van der Waals surface area contributed by atoms with Crippen LogP contribution in [0.3, 0.4) is 0 Å². The van der Waals surface area contributed by atoms with Crippen molar-refractivity contribution >= 4 is 11.8 Å². The summed E-state index contributed by atoms with van der Waals surface area (Å²) in [7, 11) is 1.94. The zero-order chi connectivity index (χ0) is 10.7. The third kappa shape index (κ3) is 2.75. The maximum atomic E-state index is 5.49. The molecule has 1 aliphatic rings. The van der Waals surface area contributed by atoms with E-state index in [0.29, 0.717) is 0 Å². The summed E-state index contributed by atoms with van der Waals surface area (Å²) in [6.07, 6.45) is 5.41. The van der Waals surface area contributed by atoms with Gasteiger partial charge in [0, 0.05) is 17.7 Å². The number of hydrogen-bond donors (Lipinski definition) is 1. The maximum Gasteiger partial charge on any atom is 0.195 e. The lowest BCUT2D eigenvalue weighted by Crippen LogP contribution is -2.12. The van der Waals surface area contributed by atoms with Crippen molar-refractivity contribution in [2.75, 3.05) is 12.8 Å². The fourth-order valence-corrected chi connectivity index (χ4v) is 3.03. The Bertz CT molecular complexity index is 307. The van der Waals surface area contributed by atoms with Gasteiger partial charge >= 0.3 is 0 Å².